The molecule has 0 unspecified atom stereocenters. The second-order valence-corrected chi connectivity index (χ2v) is 7.13. The highest BCUT2D eigenvalue weighted by atomic mass is 32.1. The molecule has 1 aliphatic carbocycles. The van der Waals surface area contributed by atoms with Crippen molar-refractivity contribution in [2.45, 2.75) is 44.1 Å². The molecule has 23 heavy (non-hydrogen) atoms. The molecule has 0 spiro atoms. The summed E-state index contributed by atoms with van der Waals surface area (Å²) in [6.07, 6.45) is 8.29. The monoisotopic (exact) mass is 331 g/mol. The van der Waals surface area contributed by atoms with Crippen molar-refractivity contribution < 1.29 is 0 Å². The summed E-state index contributed by atoms with van der Waals surface area (Å²) in [5.74, 6) is 0.848. The standard InChI is InChI=1S/C17H25N5S/c1-18-16(19-12-14-7-10-21-22-14)20-13-17(8-3-2-4-9-17)15-6-5-11-23-15/h5-7,10-11H,2-4,8-9,12-13H2,1H3,(H,21,22)(H2,18,19,20). The largest absolute Gasteiger partial charge is 0.355 e. The van der Waals surface area contributed by atoms with Gasteiger partial charge in [-0.25, -0.2) is 0 Å². The van der Waals surface area contributed by atoms with Crippen LogP contribution < -0.4 is 10.6 Å². The van der Waals surface area contributed by atoms with Crippen molar-refractivity contribution in [3.8, 4) is 0 Å². The number of aromatic amines is 1. The molecule has 2 heterocycles. The van der Waals surface area contributed by atoms with Gasteiger partial charge in [0.1, 0.15) is 0 Å². The predicted molar refractivity (Wildman–Crippen MR) is 95.9 cm³/mol. The van der Waals surface area contributed by atoms with Crippen LogP contribution in [0.15, 0.2) is 34.8 Å². The number of thiophene rings is 1. The maximum absolute atomic E-state index is 4.35. The quantitative estimate of drug-likeness (QED) is 0.583. The molecule has 0 bridgehead atoms. The summed E-state index contributed by atoms with van der Waals surface area (Å²) in [7, 11) is 1.82. The van der Waals surface area contributed by atoms with Gasteiger partial charge in [-0.2, -0.15) is 5.10 Å². The van der Waals surface area contributed by atoms with Gasteiger partial charge >= 0.3 is 0 Å². The molecule has 1 saturated carbocycles. The minimum absolute atomic E-state index is 0.262. The summed E-state index contributed by atoms with van der Waals surface area (Å²) in [4.78, 5) is 5.86. The lowest BCUT2D eigenvalue weighted by Crippen LogP contribution is -2.46. The van der Waals surface area contributed by atoms with E-state index in [0.717, 1.165) is 18.2 Å². The van der Waals surface area contributed by atoms with Crippen molar-refractivity contribution in [2.75, 3.05) is 13.6 Å². The van der Waals surface area contributed by atoms with Crippen molar-refractivity contribution >= 4 is 17.3 Å². The molecule has 2 aromatic heterocycles. The van der Waals surface area contributed by atoms with Crippen LogP contribution in [0.2, 0.25) is 0 Å². The van der Waals surface area contributed by atoms with Crippen LogP contribution in [-0.2, 0) is 12.0 Å². The third-order valence-corrected chi connectivity index (χ3v) is 5.79. The second kappa shape index (κ2) is 7.64. The Labute approximate surface area is 141 Å². The van der Waals surface area contributed by atoms with E-state index in [1.807, 2.05) is 24.5 Å². The molecule has 0 saturated heterocycles. The summed E-state index contributed by atoms with van der Waals surface area (Å²) in [5, 5.41) is 16.0. The summed E-state index contributed by atoms with van der Waals surface area (Å²) in [6, 6.07) is 6.43. The Morgan fingerprint density at radius 2 is 2.17 bits per heavy atom. The van der Waals surface area contributed by atoms with Gasteiger partial charge in [-0.15, -0.1) is 11.3 Å². The lowest BCUT2D eigenvalue weighted by molar-refractivity contribution is 0.296. The van der Waals surface area contributed by atoms with Gasteiger partial charge < -0.3 is 10.6 Å². The number of rotatable bonds is 5. The molecule has 0 amide bonds. The van der Waals surface area contributed by atoms with Gasteiger partial charge in [0.15, 0.2) is 5.96 Å². The summed E-state index contributed by atoms with van der Waals surface area (Å²) < 4.78 is 0. The molecule has 1 aliphatic rings. The molecule has 1 fully saturated rings. The van der Waals surface area contributed by atoms with Gasteiger partial charge in [-0.05, 0) is 30.4 Å². The first-order chi connectivity index (χ1) is 11.3. The third kappa shape index (κ3) is 3.93. The molecule has 3 rings (SSSR count). The highest BCUT2D eigenvalue weighted by molar-refractivity contribution is 7.10. The molecule has 5 nitrogen and oxygen atoms in total. The Balaban J connectivity index is 1.61. The van der Waals surface area contributed by atoms with Crippen LogP contribution in [0.25, 0.3) is 0 Å². The molecule has 6 heteroatoms. The fourth-order valence-electron chi connectivity index (χ4n) is 3.35. The molecule has 124 valence electrons. The first-order valence-electron chi connectivity index (χ1n) is 8.29. The number of nitrogens with one attached hydrogen (secondary N) is 3. The van der Waals surface area contributed by atoms with Gasteiger partial charge in [-0.1, -0.05) is 25.3 Å². The van der Waals surface area contributed by atoms with E-state index >= 15 is 0 Å². The van der Waals surface area contributed by atoms with E-state index in [1.54, 1.807) is 6.20 Å². The summed E-state index contributed by atoms with van der Waals surface area (Å²) in [6.45, 7) is 1.64. The molecule has 0 radical (unpaired) electrons. The number of nitrogens with zero attached hydrogens (tertiary/aromatic N) is 2. The van der Waals surface area contributed by atoms with Crippen LogP contribution in [0, 0.1) is 0 Å². The zero-order valence-corrected chi connectivity index (χ0v) is 14.5. The van der Waals surface area contributed by atoms with Crippen LogP contribution in [0.4, 0.5) is 0 Å². The van der Waals surface area contributed by atoms with Crippen LogP contribution in [0.5, 0.6) is 0 Å². The summed E-state index contributed by atoms with van der Waals surface area (Å²) >= 11 is 1.89. The molecular formula is C17H25N5S. The van der Waals surface area contributed by atoms with Gasteiger partial charge in [0, 0.05) is 30.1 Å². The minimum Gasteiger partial charge on any atom is -0.355 e. The maximum atomic E-state index is 4.35. The Kier molecular flexibility index (Phi) is 5.33. The molecule has 0 aliphatic heterocycles. The normalized spacial score (nSPS) is 17.9. The van der Waals surface area contributed by atoms with Gasteiger partial charge in [0.25, 0.3) is 0 Å². The van der Waals surface area contributed by atoms with Gasteiger partial charge in [-0.3, -0.25) is 10.1 Å². The lowest BCUT2D eigenvalue weighted by Gasteiger charge is -2.37. The highest BCUT2D eigenvalue weighted by Gasteiger charge is 2.34. The van der Waals surface area contributed by atoms with E-state index in [2.05, 4.69) is 43.3 Å². The van der Waals surface area contributed by atoms with E-state index in [1.165, 1.54) is 37.0 Å². The zero-order valence-electron chi connectivity index (χ0n) is 13.6. The zero-order chi connectivity index (χ0) is 16.0. The average molecular weight is 331 g/mol. The number of H-pyrrole nitrogens is 1. The van der Waals surface area contributed by atoms with E-state index in [-0.39, 0.29) is 5.41 Å². The van der Waals surface area contributed by atoms with E-state index in [9.17, 15) is 0 Å². The van der Waals surface area contributed by atoms with Crippen LogP contribution >= 0.6 is 11.3 Å². The molecule has 2 aromatic rings. The first-order valence-corrected chi connectivity index (χ1v) is 9.17. The van der Waals surface area contributed by atoms with Crippen LogP contribution in [0.3, 0.4) is 0 Å². The van der Waals surface area contributed by atoms with Crippen molar-refractivity contribution in [3.05, 3.63) is 40.3 Å². The van der Waals surface area contributed by atoms with Crippen molar-refractivity contribution in [3.63, 3.8) is 0 Å². The van der Waals surface area contributed by atoms with Crippen LogP contribution in [0.1, 0.15) is 42.7 Å². The van der Waals surface area contributed by atoms with Gasteiger partial charge in [0.2, 0.25) is 0 Å². The average Bonchev–Trinajstić information content (AvgIpc) is 3.30. The number of aliphatic imine (C=N–C) groups is 1. The Bertz CT molecular complexity index is 597. The molecular weight excluding hydrogens is 306 g/mol. The molecule has 0 atom stereocenters. The first kappa shape index (κ1) is 16.1. The van der Waals surface area contributed by atoms with E-state index in [0.29, 0.717) is 6.54 Å². The number of guanidine groups is 1. The predicted octanol–water partition coefficient (Wildman–Crippen LogP) is 3.04. The van der Waals surface area contributed by atoms with Crippen molar-refractivity contribution in [2.24, 2.45) is 4.99 Å². The number of aromatic nitrogens is 2. The lowest BCUT2D eigenvalue weighted by atomic mass is 9.73. The fraction of sp³-hybridized carbons (Fsp3) is 0.529. The maximum Gasteiger partial charge on any atom is 0.191 e. The third-order valence-electron chi connectivity index (χ3n) is 4.68. The smallest absolute Gasteiger partial charge is 0.191 e. The van der Waals surface area contributed by atoms with Crippen molar-refractivity contribution in [1.29, 1.82) is 0 Å². The van der Waals surface area contributed by atoms with E-state index < -0.39 is 0 Å². The Morgan fingerprint density at radius 1 is 1.30 bits per heavy atom. The number of hydrogen-bond acceptors (Lipinski definition) is 3. The van der Waals surface area contributed by atoms with E-state index in [4.69, 9.17) is 0 Å². The summed E-state index contributed by atoms with van der Waals surface area (Å²) in [5.41, 5.74) is 1.32. The molecule has 3 N–H and O–H groups in total. The fourth-order valence-corrected chi connectivity index (χ4v) is 4.34. The van der Waals surface area contributed by atoms with Gasteiger partial charge in [0.05, 0.1) is 12.2 Å². The second-order valence-electron chi connectivity index (χ2n) is 6.18. The topological polar surface area (TPSA) is 65.1 Å². The Morgan fingerprint density at radius 3 is 2.83 bits per heavy atom. The minimum atomic E-state index is 0.262. The van der Waals surface area contributed by atoms with Crippen molar-refractivity contribution in [1.82, 2.24) is 20.8 Å². The Hall–Kier alpha value is -1.82. The SMILES string of the molecule is CN=C(NCc1ccn[nH]1)NCC1(c2cccs2)CCCCC1. The van der Waals surface area contributed by atoms with Crippen LogP contribution in [-0.4, -0.2) is 29.7 Å². The molecule has 0 aromatic carbocycles. The highest BCUT2D eigenvalue weighted by Crippen LogP contribution is 2.41. The number of hydrogen-bond donors (Lipinski definition) is 3.